The molecule has 0 bridgehead atoms. The summed E-state index contributed by atoms with van der Waals surface area (Å²) in [5, 5.41) is 22.2. The molecule has 102 valence electrons. The highest BCUT2D eigenvalue weighted by Crippen LogP contribution is 2.15. The van der Waals surface area contributed by atoms with Gasteiger partial charge in [0.15, 0.2) is 0 Å². The second-order valence-electron chi connectivity index (χ2n) is 3.93. The summed E-state index contributed by atoms with van der Waals surface area (Å²) in [5.74, 6) is -0.188. The summed E-state index contributed by atoms with van der Waals surface area (Å²) < 4.78 is 0. The highest BCUT2D eigenvalue weighted by molar-refractivity contribution is 6.04. The number of amides is 1. The number of nitro benzene ring substituents is 1. The normalized spacial score (nSPS) is 10.1. The number of nitro groups is 1. The van der Waals surface area contributed by atoms with Gasteiger partial charge in [-0.05, 0) is 18.2 Å². The third-order valence-electron chi connectivity index (χ3n) is 2.63. The average Bonchev–Trinajstić information content (AvgIpc) is 2.48. The van der Waals surface area contributed by atoms with E-state index in [-0.39, 0.29) is 23.7 Å². The Labute approximate surface area is 114 Å². The first-order valence-electron chi connectivity index (χ1n) is 5.72. The third-order valence-corrected chi connectivity index (χ3v) is 2.63. The second-order valence-corrected chi connectivity index (χ2v) is 3.93. The first-order chi connectivity index (χ1) is 9.61. The Morgan fingerprint density at radius 1 is 1.30 bits per heavy atom. The molecule has 2 aromatic rings. The lowest BCUT2D eigenvalue weighted by atomic mass is 10.2. The number of hydrogen-bond donors (Lipinski definition) is 2. The molecule has 2 N–H and O–H groups in total. The number of carbonyl (C=O) groups excluding carboxylic acids is 1. The maximum Gasteiger partial charge on any atom is 0.269 e. The topological polar surface area (TPSA) is 105 Å². The summed E-state index contributed by atoms with van der Waals surface area (Å²) in [4.78, 5) is 25.9. The molecule has 20 heavy (non-hydrogen) atoms. The SMILES string of the molecule is O=C(Nc1ncccc1CO)c1ccc([N+](=O)[O-])cc1. The van der Waals surface area contributed by atoms with Crippen molar-refractivity contribution in [3.05, 3.63) is 63.8 Å². The number of rotatable bonds is 4. The number of aliphatic hydroxyl groups excluding tert-OH is 1. The van der Waals surface area contributed by atoms with Crippen LogP contribution in [0.1, 0.15) is 15.9 Å². The van der Waals surface area contributed by atoms with Crippen LogP contribution < -0.4 is 5.32 Å². The Kier molecular flexibility index (Phi) is 4.02. The monoisotopic (exact) mass is 273 g/mol. The lowest BCUT2D eigenvalue weighted by molar-refractivity contribution is -0.384. The van der Waals surface area contributed by atoms with E-state index < -0.39 is 10.8 Å². The van der Waals surface area contributed by atoms with Crippen LogP contribution in [0.2, 0.25) is 0 Å². The zero-order valence-corrected chi connectivity index (χ0v) is 10.3. The number of carbonyl (C=O) groups is 1. The molecule has 1 aromatic heterocycles. The Morgan fingerprint density at radius 3 is 2.60 bits per heavy atom. The molecule has 0 radical (unpaired) electrons. The van der Waals surface area contributed by atoms with Gasteiger partial charge in [-0.2, -0.15) is 0 Å². The molecule has 0 aliphatic carbocycles. The molecule has 7 nitrogen and oxygen atoms in total. The van der Waals surface area contributed by atoms with Gasteiger partial charge in [-0.1, -0.05) is 6.07 Å². The highest BCUT2D eigenvalue weighted by atomic mass is 16.6. The van der Waals surface area contributed by atoms with Gasteiger partial charge >= 0.3 is 0 Å². The van der Waals surface area contributed by atoms with E-state index in [0.29, 0.717) is 5.56 Å². The van der Waals surface area contributed by atoms with Crippen molar-refractivity contribution in [3.8, 4) is 0 Å². The average molecular weight is 273 g/mol. The highest BCUT2D eigenvalue weighted by Gasteiger charge is 2.11. The van der Waals surface area contributed by atoms with Crippen LogP contribution in [-0.4, -0.2) is 20.9 Å². The Balaban J connectivity index is 2.17. The molecular formula is C13H11N3O4. The van der Waals surface area contributed by atoms with E-state index in [1.54, 1.807) is 12.1 Å². The minimum absolute atomic E-state index is 0.0876. The molecule has 0 atom stereocenters. The van der Waals surface area contributed by atoms with Gasteiger partial charge in [0.05, 0.1) is 11.5 Å². The smallest absolute Gasteiger partial charge is 0.269 e. The van der Waals surface area contributed by atoms with Crippen LogP contribution in [0.3, 0.4) is 0 Å². The maximum atomic E-state index is 12.0. The fourth-order valence-corrected chi connectivity index (χ4v) is 1.59. The predicted molar refractivity (Wildman–Crippen MR) is 71.2 cm³/mol. The zero-order chi connectivity index (χ0) is 14.5. The van der Waals surface area contributed by atoms with Crippen LogP contribution in [0.4, 0.5) is 11.5 Å². The quantitative estimate of drug-likeness (QED) is 0.652. The fraction of sp³-hybridized carbons (Fsp3) is 0.0769. The van der Waals surface area contributed by atoms with Gasteiger partial charge in [0.25, 0.3) is 11.6 Å². The number of benzene rings is 1. The van der Waals surface area contributed by atoms with Crippen molar-refractivity contribution in [2.45, 2.75) is 6.61 Å². The molecule has 0 saturated heterocycles. The van der Waals surface area contributed by atoms with Gasteiger partial charge in [0.2, 0.25) is 0 Å². The zero-order valence-electron chi connectivity index (χ0n) is 10.3. The molecule has 0 saturated carbocycles. The molecule has 2 rings (SSSR count). The van der Waals surface area contributed by atoms with Crippen molar-refractivity contribution in [3.63, 3.8) is 0 Å². The fourth-order valence-electron chi connectivity index (χ4n) is 1.59. The van der Waals surface area contributed by atoms with Crippen molar-refractivity contribution < 1.29 is 14.8 Å². The number of hydrogen-bond acceptors (Lipinski definition) is 5. The van der Waals surface area contributed by atoms with E-state index in [9.17, 15) is 14.9 Å². The Bertz CT molecular complexity index is 640. The molecule has 0 aliphatic rings. The van der Waals surface area contributed by atoms with E-state index in [1.165, 1.54) is 30.5 Å². The van der Waals surface area contributed by atoms with Crippen LogP contribution in [0.25, 0.3) is 0 Å². The molecule has 1 aromatic carbocycles. The van der Waals surface area contributed by atoms with Crippen LogP contribution >= 0.6 is 0 Å². The van der Waals surface area contributed by atoms with Gasteiger partial charge < -0.3 is 10.4 Å². The number of pyridine rings is 1. The molecule has 0 aliphatic heterocycles. The van der Waals surface area contributed by atoms with Crippen molar-refractivity contribution in [2.75, 3.05) is 5.32 Å². The summed E-state index contributed by atoms with van der Waals surface area (Å²) in [6.45, 7) is -0.246. The molecule has 0 unspecified atom stereocenters. The summed E-state index contributed by atoms with van der Waals surface area (Å²) in [6, 6.07) is 8.50. The standard InChI is InChI=1S/C13H11N3O4/c17-8-10-2-1-7-14-12(10)15-13(18)9-3-5-11(6-4-9)16(19)20/h1-7,17H,8H2,(H,14,15,18). The number of nitrogens with zero attached hydrogens (tertiary/aromatic N) is 2. The van der Waals surface area contributed by atoms with E-state index in [1.807, 2.05) is 0 Å². The largest absolute Gasteiger partial charge is 0.392 e. The summed E-state index contributed by atoms with van der Waals surface area (Å²) in [6.07, 6.45) is 1.49. The van der Waals surface area contributed by atoms with Gasteiger partial charge in [-0.25, -0.2) is 4.98 Å². The molecular weight excluding hydrogens is 262 g/mol. The molecule has 0 spiro atoms. The minimum atomic E-state index is -0.537. The maximum absolute atomic E-state index is 12.0. The molecule has 7 heteroatoms. The lowest BCUT2D eigenvalue weighted by Crippen LogP contribution is -2.14. The number of aromatic nitrogens is 1. The first-order valence-corrected chi connectivity index (χ1v) is 5.72. The van der Waals surface area contributed by atoms with Crippen molar-refractivity contribution in [1.82, 2.24) is 4.98 Å². The molecule has 1 amide bonds. The van der Waals surface area contributed by atoms with Crippen LogP contribution in [0, 0.1) is 10.1 Å². The van der Waals surface area contributed by atoms with Gasteiger partial charge in [-0.15, -0.1) is 0 Å². The summed E-state index contributed by atoms with van der Waals surface area (Å²) in [5.41, 5.74) is 0.670. The van der Waals surface area contributed by atoms with Crippen LogP contribution in [0.15, 0.2) is 42.6 Å². The second kappa shape index (κ2) is 5.89. The van der Waals surface area contributed by atoms with E-state index in [0.717, 1.165) is 0 Å². The molecule has 0 fully saturated rings. The third kappa shape index (κ3) is 2.96. The van der Waals surface area contributed by atoms with Gasteiger partial charge in [-0.3, -0.25) is 14.9 Å². The minimum Gasteiger partial charge on any atom is -0.392 e. The lowest BCUT2D eigenvalue weighted by Gasteiger charge is -2.07. The molecule has 1 heterocycles. The van der Waals surface area contributed by atoms with Crippen LogP contribution in [-0.2, 0) is 6.61 Å². The Morgan fingerprint density at radius 2 is 2.00 bits per heavy atom. The van der Waals surface area contributed by atoms with E-state index in [2.05, 4.69) is 10.3 Å². The van der Waals surface area contributed by atoms with Gasteiger partial charge in [0, 0.05) is 29.5 Å². The van der Waals surface area contributed by atoms with Crippen molar-refractivity contribution in [2.24, 2.45) is 0 Å². The first kappa shape index (κ1) is 13.6. The van der Waals surface area contributed by atoms with Crippen molar-refractivity contribution >= 4 is 17.4 Å². The van der Waals surface area contributed by atoms with Crippen molar-refractivity contribution in [1.29, 1.82) is 0 Å². The summed E-state index contributed by atoms with van der Waals surface area (Å²) >= 11 is 0. The van der Waals surface area contributed by atoms with Crippen LogP contribution in [0.5, 0.6) is 0 Å². The number of non-ortho nitro benzene ring substituents is 1. The number of aliphatic hydroxyl groups is 1. The number of nitrogens with one attached hydrogen (secondary N) is 1. The van der Waals surface area contributed by atoms with E-state index in [4.69, 9.17) is 5.11 Å². The van der Waals surface area contributed by atoms with Gasteiger partial charge in [0.1, 0.15) is 5.82 Å². The van der Waals surface area contributed by atoms with E-state index >= 15 is 0 Å². The predicted octanol–water partition coefficient (Wildman–Crippen LogP) is 1.73. The summed E-state index contributed by atoms with van der Waals surface area (Å²) in [7, 11) is 0. The Hall–Kier alpha value is -2.80. The number of anilines is 1.